The van der Waals surface area contributed by atoms with Crippen molar-refractivity contribution in [1.82, 2.24) is 9.97 Å². The van der Waals surface area contributed by atoms with Gasteiger partial charge in [0, 0.05) is 13.6 Å². The van der Waals surface area contributed by atoms with Crippen LogP contribution < -0.4 is 10.6 Å². The van der Waals surface area contributed by atoms with E-state index in [0.717, 1.165) is 5.56 Å². The molecule has 0 radical (unpaired) electrons. The third kappa shape index (κ3) is 2.68. The van der Waals surface area contributed by atoms with Crippen LogP contribution in [0.4, 0.5) is 16.0 Å². The van der Waals surface area contributed by atoms with Crippen LogP contribution in [0, 0.1) is 5.82 Å². The van der Waals surface area contributed by atoms with E-state index in [9.17, 15) is 4.39 Å². The Morgan fingerprint density at radius 2 is 1.94 bits per heavy atom. The monoisotopic (exact) mass is 266 g/mol. The average Bonchev–Trinajstić information content (AvgIpc) is 2.35. The second kappa shape index (κ2) is 5.18. The molecular formula is C12H12ClFN4. The molecule has 94 valence electrons. The van der Waals surface area contributed by atoms with E-state index in [1.54, 1.807) is 12.1 Å². The maximum Gasteiger partial charge on any atom is 0.153 e. The molecule has 1 heterocycles. The number of aromatic nitrogens is 2. The lowest BCUT2D eigenvalue weighted by molar-refractivity contribution is 0.627. The molecule has 0 amide bonds. The van der Waals surface area contributed by atoms with Gasteiger partial charge < -0.3 is 10.6 Å². The molecule has 0 saturated carbocycles. The van der Waals surface area contributed by atoms with Crippen molar-refractivity contribution in [2.45, 2.75) is 6.54 Å². The van der Waals surface area contributed by atoms with Crippen molar-refractivity contribution in [3.8, 4) is 0 Å². The van der Waals surface area contributed by atoms with Gasteiger partial charge in [-0.05, 0) is 17.7 Å². The number of nitrogens with zero attached hydrogens (tertiary/aromatic N) is 3. The van der Waals surface area contributed by atoms with Crippen molar-refractivity contribution >= 4 is 23.2 Å². The summed E-state index contributed by atoms with van der Waals surface area (Å²) in [7, 11) is 1.83. The molecule has 18 heavy (non-hydrogen) atoms. The summed E-state index contributed by atoms with van der Waals surface area (Å²) in [4.78, 5) is 9.71. The SMILES string of the molecule is CN(Cc1ccc(F)cc1)c1ncnc(N)c1Cl. The Morgan fingerprint density at radius 3 is 2.61 bits per heavy atom. The summed E-state index contributed by atoms with van der Waals surface area (Å²) >= 11 is 6.03. The topological polar surface area (TPSA) is 55.0 Å². The van der Waals surface area contributed by atoms with Crippen LogP contribution in [0.25, 0.3) is 0 Å². The normalized spacial score (nSPS) is 10.4. The highest BCUT2D eigenvalue weighted by Crippen LogP contribution is 2.26. The van der Waals surface area contributed by atoms with Crippen LogP contribution in [-0.2, 0) is 6.54 Å². The van der Waals surface area contributed by atoms with Crippen molar-refractivity contribution in [2.24, 2.45) is 0 Å². The van der Waals surface area contributed by atoms with E-state index >= 15 is 0 Å². The quantitative estimate of drug-likeness (QED) is 0.927. The molecule has 0 spiro atoms. The van der Waals surface area contributed by atoms with Gasteiger partial charge in [-0.15, -0.1) is 0 Å². The van der Waals surface area contributed by atoms with Gasteiger partial charge in [0.15, 0.2) is 5.82 Å². The number of nitrogen functional groups attached to an aromatic ring is 1. The summed E-state index contributed by atoms with van der Waals surface area (Å²) in [6, 6.07) is 6.26. The van der Waals surface area contributed by atoms with E-state index < -0.39 is 0 Å². The minimum absolute atomic E-state index is 0.243. The number of halogens is 2. The van der Waals surface area contributed by atoms with Gasteiger partial charge in [-0.25, -0.2) is 14.4 Å². The van der Waals surface area contributed by atoms with E-state index in [-0.39, 0.29) is 11.6 Å². The van der Waals surface area contributed by atoms with Crippen LogP contribution in [0.15, 0.2) is 30.6 Å². The summed E-state index contributed by atoms with van der Waals surface area (Å²) < 4.78 is 12.8. The molecule has 2 N–H and O–H groups in total. The van der Waals surface area contributed by atoms with Crippen molar-refractivity contribution in [3.63, 3.8) is 0 Å². The fourth-order valence-corrected chi connectivity index (χ4v) is 1.82. The number of hydrogen-bond donors (Lipinski definition) is 1. The molecule has 0 aliphatic heterocycles. The van der Waals surface area contributed by atoms with Crippen molar-refractivity contribution < 1.29 is 4.39 Å². The summed E-state index contributed by atoms with van der Waals surface area (Å²) in [6.07, 6.45) is 1.36. The fraction of sp³-hybridized carbons (Fsp3) is 0.167. The van der Waals surface area contributed by atoms with E-state index in [2.05, 4.69) is 9.97 Å². The Morgan fingerprint density at radius 1 is 1.28 bits per heavy atom. The molecule has 1 aromatic carbocycles. The van der Waals surface area contributed by atoms with Crippen molar-refractivity contribution in [3.05, 3.63) is 47.0 Å². The smallest absolute Gasteiger partial charge is 0.153 e. The van der Waals surface area contributed by atoms with Crippen LogP contribution in [0.2, 0.25) is 5.02 Å². The van der Waals surface area contributed by atoms with E-state index in [0.29, 0.717) is 17.4 Å². The lowest BCUT2D eigenvalue weighted by Gasteiger charge is -2.19. The number of rotatable bonds is 3. The zero-order chi connectivity index (χ0) is 13.1. The highest BCUT2D eigenvalue weighted by molar-refractivity contribution is 6.35. The van der Waals surface area contributed by atoms with Gasteiger partial charge in [-0.1, -0.05) is 23.7 Å². The molecule has 6 heteroatoms. The Balaban J connectivity index is 2.19. The zero-order valence-corrected chi connectivity index (χ0v) is 10.5. The summed E-state index contributed by atoms with van der Waals surface area (Å²) in [6.45, 7) is 0.552. The second-order valence-corrected chi connectivity index (χ2v) is 4.26. The Bertz CT molecular complexity index is 544. The molecular weight excluding hydrogens is 255 g/mol. The van der Waals surface area contributed by atoms with Gasteiger partial charge >= 0.3 is 0 Å². The van der Waals surface area contributed by atoms with Crippen LogP contribution in [0.1, 0.15) is 5.56 Å². The molecule has 0 bridgehead atoms. The third-order valence-electron chi connectivity index (χ3n) is 2.49. The molecule has 0 saturated heterocycles. The fourth-order valence-electron chi connectivity index (χ4n) is 1.58. The van der Waals surface area contributed by atoms with Gasteiger partial charge in [0.05, 0.1) is 0 Å². The van der Waals surface area contributed by atoms with Gasteiger partial charge in [-0.3, -0.25) is 0 Å². The third-order valence-corrected chi connectivity index (χ3v) is 2.86. The minimum Gasteiger partial charge on any atom is -0.382 e. The van der Waals surface area contributed by atoms with Crippen LogP contribution in [0.3, 0.4) is 0 Å². The molecule has 4 nitrogen and oxygen atoms in total. The summed E-state index contributed by atoms with van der Waals surface area (Å²) in [5.74, 6) is 0.534. The van der Waals surface area contributed by atoms with Crippen LogP contribution in [-0.4, -0.2) is 17.0 Å². The Kier molecular flexibility index (Phi) is 3.62. The molecule has 2 rings (SSSR count). The van der Waals surface area contributed by atoms with Gasteiger partial charge in [-0.2, -0.15) is 0 Å². The first-order chi connectivity index (χ1) is 8.58. The lowest BCUT2D eigenvalue weighted by Crippen LogP contribution is -2.18. The summed E-state index contributed by atoms with van der Waals surface area (Å²) in [5.41, 5.74) is 6.56. The number of anilines is 2. The Labute approximate surface area is 109 Å². The predicted octanol–water partition coefficient (Wildman–Crippen LogP) is 2.49. The minimum atomic E-state index is -0.259. The van der Waals surface area contributed by atoms with Gasteiger partial charge in [0.25, 0.3) is 0 Å². The van der Waals surface area contributed by atoms with Crippen LogP contribution in [0.5, 0.6) is 0 Å². The summed E-state index contributed by atoms with van der Waals surface area (Å²) in [5, 5.41) is 0.321. The predicted molar refractivity (Wildman–Crippen MR) is 70.0 cm³/mol. The highest BCUT2D eigenvalue weighted by atomic mass is 35.5. The first-order valence-electron chi connectivity index (χ1n) is 5.29. The molecule has 0 fully saturated rings. The highest BCUT2D eigenvalue weighted by Gasteiger charge is 2.11. The maximum absolute atomic E-state index is 12.8. The van der Waals surface area contributed by atoms with Crippen LogP contribution >= 0.6 is 11.6 Å². The molecule has 2 aromatic rings. The molecule has 0 unspecified atom stereocenters. The van der Waals surface area contributed by atoms with Crippen molar-refractivity contribution in [1.29, 1.82) is 0 Å². The van der Waals surface area contributed by atoms with E-state index in [4.69, 9.17) is 17.3 Å². The van der Waals surface area contributed by atoms with E-state index in [1.165, 1.54) is 18.5 Å². The van der Waals surface area contributed by atoms with Gasteiger partial charge in [0.1, 0.15) is 23.0 Å². The van der Waals surface area contributed by atoms with Gasteiger partial charge in [0.2, 0.25) is 0 Å². The number of benzene rings is 1. The average molecular weight is 267 g/mol. The molecule has 0 aliphatic rings. The Hall–Kier alpha value is -1.88. The maximum atomic E-state index is 12.8. The number of nitrogens with two attached hydrogens (primary N) is 1. The zero-order valence-electron chi connectivity index (χ0n) is 9.77. The molecule has 0 aliphatic carbocycles. The second-order valence-electron chi connectivity index (χ2n) is 3.88. The number of hydrogen-bond acceptors (Lipinski definition) is 4. The first-order valence-corrected chi connectivity index (χ1v) is 5.67. The first kappa shape index (κ1) is 12.6. The van der Waals surface area contributed by atoms with E-state index in [1.807, 2.05) is 11.9 Å². The molecule has 1 aromatic heterocycles. The van der Waals surface area contributed by atoms with Crippen molar-refractivity contribution in [2.75, 3.05) is 17.7 Å². The lowest BCUT2D eigenvalue weighted by atomic mass is 10.2. The standard InChI is InChI=1S/C12H12ClFN4/c1-18(6-8-2-4-9(14)5-3-8)12-10(13)11(15)16-7-17-12/h2-5,7H,6H2,1H3,(H2,15,16,17). The largest absolute Gasteiger partial charge is 0.382 e. The molecule has 0 atom stereocenters.